The van der Waals surface area contributed by atoms with Gasteiger partial charge in [0.15, 0.2) is 0 Å². The Morgan fingerprint density at radius 3 is 1.57 bits per heavy atom. The van der Waals surface area contributed by atoms with Crippen LogP contribution in [-0.2, 0) is 0 Å². The fraction of sp³-hybridized carbons (Fsp3) is 0.0417. The number of hydrogen-bond acceptors (Lipinski definition) is 0. The molecule has 0 fully saturated rings. The molecule has 7 aromatic carbocycles. The van der Waals surface area contributed by atoms with Gasteiger partial charge in [-0.25, -0.2) is 0 Å². The van der Waals surface area contributed by atoms with Gasteiger partial charge in [-0.1, -0.05) is 146 Å². The summed E-state index contributed by atoms with van der Waals surface area (Å²) in [6.07, 6.45) is 5.86. The highest BCUT2D eigenvalue weighted by Gasteiger charge is 2.21. The van der Waals surface area contributed by atoms with Crippen LogP contribution in [0, 0.1) is 0 Å². The van der Waals surface area contributed by atoms with Crippen LogP contribution in [0.3, 0.4) is 0 Å². The zero-order valence-electron chi connectivity index (χ0n) is 27.1. The second kappa shape index (κ2) is 11.2. The van der Waals surface area contributed by atoms with Gasteiger partial charge in [0.05, 0.1) is 16.6 Å². The van der Waals surface area contributed by atoms with Crippen LogP contribution in [0.15, 0.2) is 182 Å². The zero-order valence-corrected chi connectivity index (χ0v) is 27.1. The van der Waals surface area contributed by atoms with E-state index in [0.29, 0.717) is 5.92 Å². The minimum atomic E-state index is 0.325. The number of rotatable bonds is 5. The van der Waals surface area contributed by atoms with Crippen LogP contribution in [0.4, 0.5) is 0 Å². The first-order valence-electron chi connectivity index (χ1n) is 17.2. The van der Waals surface area contributed by atoms with Gasteiger partial charge in [-0.05, 0) is 92.9 Å². The lowest BCUT2D eigenvalue weighted by atomic mass is 9.81. The average molecular weight is 624 g/mol. The highest BCUT2D eigenvalue weighted by Crippen LogP contribution is 2.43. The maximum Gasteiger partial charge on any atom is 0.0620 e. The molecule has 0 radical (unpaired) electrons. The molecule has 1 aliphatic rings. The first kappa shape index (κ1) is 27.9. The van der Waals surface area contributed by atoms with Crippen LogP contribution in [0.25, 0.3) is 71.5 Å². The molecule has 1 heteroatoms. The molecule has 10 rings (SSSR count). The number of para-hydroxylation sites is 2. The van der Waals surface area contributed by atoms with Crippen LogP contribution in [0.5, 0.6) is 0 Å². The summed E-state index contributed by atoms with van der Waals surface area (Å²) in [4.78, 5) is 0. The average Bonchev–Trinajstić information content (AvgIpc) is 3.70. The topological polar surface area (TPSA) is 4.41 Å². The Labute approximate surface area is 286 Å². The molecule has 0 N–H and O–H groups in total. The number of fused-ring (bicyclic) bond motifs is 6. The summed E-state index contributed by atoms with van der Waals surface area (Å²) in [7, 11) is 0. The Bertz CT molecular complexity index is 2640. The highest BCUT2D eigenvalue weighted by atomic mass is 14.9. The maximum atomic E-state index is 2.46. The molecule has 0 bridgehead atoms. The van der Waals surface area contributed by atoms with Gasteiger partial charge in [-0.3, -0.25) is 0 Å². The van der Waals surface area contributed by atoms with Gasteiger partial charge >= 0.3 is 0 Å². The molecule has 0 saturated carbocycles. The summed E-state index contributed by atoms with van der Waals surface area (Å²) in [5, 5.41) is 5.22. The lowest BCUT2D eigenvalue weighted by molar-refractivity contribution is 0.871. The van der Waals surface area contributed by atoms with E-state index in [1.807, 2.05) is 0 Å². The van der Waals surface area contributed by atoms with E-state index < -0.39 is 0 Å². The van der Waals surface area contributed by atoms with Gasteiger partial charge in [0.25, 0.3) is 0 Å². The van der Waals surface area contributed by atoms with Gasteiger partial charge in [0.1, 0.15) is 0 Å². The Morgan fingerprint density at radius 2 is 0.918 bits per heavy atom. The molecule has 49 heavy (non-hydrogen) atoms. The predicted octanol–water partition coefficient (Wildman–Crippen LogP) is 12.8. The summed E-state index contributed by atoms with van der Waals surface area (Å²) in [5.41, 5.74) is 15.3. The third-order valence-electron chi connectivity index (χ3n) is 10.5. The standard InChI is InChI=1S/C48H33N/c1-3-13-32(14-4-1)38-27-39(33-15-5-2-6-16-33)29-40(28-38)36-19-11-17-34(25-36)35-18-12-20-37(26-35)41-30-44-42-21-7-9-23-46(42)49-47-24-10-8-22-43(47)45(31-41)48(44)49/h1-26,28-31,38H,27H2. The van der Waals surface area contributed by atoms with E-state index in [1.54, 1.807) is 0 Å². The Balaban J connectivity index is 1.08. The molecule has 1 aliphatic carbocycles. The van der Waals surface area contributed by atoms with Crippen molar-refractivity contribution in [1.29, 1.82) is 0 Å². The molecule has 0 saturated heterocycles. The quantitative estimate of drug-likeness (QED) is 0.180. The lowest BCUT2D eigenvalue weighted by Gasteiger charge is -2.23. The molecular formula is C48H33N. The molecular weight excluding hydrogens is 591 g/mol. The van der Waals surface area contributed by atoms with Gasteiger partial charge in [0, 0.05) is 27.5 Å². The Morgan fingerprint density at radius 1 is 0.408 bits per heavy atom. The van der Waals surface area contributed by atoms with E-state index in [4.69, 9.17) is 0 Å². The van der Waals surface area contributed by atoms with Gasteiger partial charge in [-0.2, -0.15) is 0 Å². The zero-order chi connectivity index (χ0) is 32.3. The normalized spacial score (nSPS) is 14.9. The molecule has 2 aromatic heterocycles. The van der Waals surface area contributed by atoms with Crippen molar-refractivity contribution in [3.63, 3.8) is 0 Å². The summed E-state index contributed by atoms with van der Waals surface area (Å²) >= 11 is 0. The van der Waals surface area contributed by atoms with Crippen molar-refractivity contribution in [2.45, 2.75) is 12.3 Å². The number of hydrogen-bond donors (Lipinski definition) is 0. The van der Waals surface area contributed by atoms with E-state index in [-0.39, 0.29) is 0 Å². The van der Waals surface area contributed by atoms with Crippen LogP contribution in [-0.4, -0.2) is 4.40 Å². The molecule has 2 heterocycles. The summed E-state index contributed by atoms with van der Waals surface area (Å²) in [6, 6.07) is 62.3. The van der Waals surface area contributed by atoms with E-state index >= 15 is 0 Å². The van der Waals surface area contributed by atoms with Crippen LogP contribution >= 0.6 is 0 Å². The monoisotopic (exact) mass is 623 g/mol. The minimum Gasteiger partial charge on any atom is -0.308 e. The number of aromatic nitrogens is 1. The molecule has 9 aromatic rings. The first-order chi connectivity index (χ1) is 24.3. The van der Waals surface area contributed by atoms with Gasteiger partial charge in [0.2, 0.25) is 0 Å². The highest BCUT2D eigenvalue weighted by molar-refractivity contribution is 6.24. The molecule has 230 valence electrons. The largest absolute Gasteiger partial charge is 0.308 e. The van der Waals surface area contributed by atoms with Crippen molar-refractivity contribution in [3.8, 4) is 22.3 Å². The second-order valence-electron chi connectivity index (χ2n) is 13.3. The van der Waals surface area contributed by atoms with Crippen molar-refractivity contribution in [2.24, 2.45) is 0 Å². The summed E-state index contributed by atoms with van der Waals surface area (Å²) < 4.78 is 2.45. The number of benzene rings is 7. The minimum absolute atomic E-state index is 0.325. The third-order valence-corrected chi connectivity index (χ3v) is 10.5. The van der Waals surface area contributed by atoms with E-state index in [1.165, 1.54) is 88.2 Å². The molecule has 0 amide bonds. The molecule has 1 unspecified atom stereocenters. The van der Waals surface area contributed by atoms with E-state index in [2.05, 4.69) is 186 Å². The summed E-state index contributed by atoms with van der Waals surface area (Å²) in [6.45, 7) is 0. The maximum absolute atomic E-state index is 2.46. The van der Waals surface area contributed by atoms with E-state index in [0.717, 1.165) is 6.42 Å². The van der Waals surface area contributed by atoms with Crippen molar-refractivity contribution >= 4 is 49.2 Å². The molecule has 0 aliphatic heterocycles. The summed E-state index contributed by atoms with van der Waals surface area (Å²) in [5.74, 6) is 0.325. The van der Waals surface area contributed by atoms with Gasteiger partial charge < -0.3 is 4.40 Å². The van der Waals surface area contributed by atoms with Crippen molar-refractivity contribution in [1.82, 2.24) is 4.40 Å². The molecule has 0 spiro atoms. The van der Waals surface area contributed by atoms with Crippen LogP contribution in [0.1, 0.15) is 29.0 Å². The number of allylic oxidation sites excluding steroid dienone is 4. The number of nitrogens with zero attached hydrogens (tertiary/aromatic N) is 1. The van der Waals surface area contributed by atoms with Crippen LogP contribution < -0.4 is 0 Å². The lowest BCUT2D eigenvalue weighted by Crippen LogP contribution is -2.03. The van der Waals surface area contributed by atoms with Crippen molar-refractivity contribution in [2.75, 3.05) is 0 Å². The SMILES string of the molecule is C1=C(c2cccc(-c3cccc(-c4cc5c6ccccc6n6c7ccccc7c(c4)c56)c3)c2)C=C(c2ccccc2)CC1c1ccccc1. The Hall–Kier alpha value is -6.18. The molecule has 1 atom stereocenters. The van der Waals surface area contributed by atoms with Crippen molar-refractivity contribution < 1.29 is 0 Å². The van der Waals surface area contributed by atoms with Gasteiger partial charge in [-0.15, -0.1) is 0 Å². The van der Waals surface area contributed by atoms with Crippen LogP contribution in [0.2, 0.25) is 0 Å². The third kappa shape index (κ3) is 4.62. The first-order valence-corrected chi connectivity index (χ1v) is 17.2. The van der Waals surface area contributed by atoms with Crippen molar-refractivity contribution in [3.05, 3.63) is 199 Å². The Kier molecular flexibility index (Phi) is 6.38. The fourth-order valence-corrected chi connectivity index (χ4v) is 8.13. The second-order valence-corrected chi connectivity index (χ2v) is 13.3. The predicted molar refractivity (Wildman–Crippen MR) is 208 cm³/mol. The molecule has 1 nitrogen and oxygen atoms in total. The fourth-order valence-electron chi connectivity index (χ4n) is 8.13. The smallest absolute Gasteiger partial charge is 0.0620 e. The van der Waals surface area contributed by atoms with E-state index in [9.17, 15) is 0 Å².